The van der Waals surface area contributed by atoms with Crippen LogP contribution in [0, 0.1) is 23.7 Å². The van der Waals surface area contributed by atoms with Crippen LogP contribution in [0.25, 0.3) is 0 Å². The van der Waals surface area contributed by atoms with Crippen LogP contribution in [0.3, 0.4) is 0 Å². The molecule has 4 rings (SSSR count). The Morgan fingerprint density at radius 1 is 1.24 bits per heavy atom. The number of fused-ring (bicyclic) bond motifs is 2. The number of nitrogens with zero attached hydrogens (tertiary/aromatic N) is 1. The Labute approximate surface area is 172 Å². The zero-order chi connectivity index (χ0) is 20.5. The highest BCUT2D eigenvalue weighted by molar-refractivity contribution is 6.32. The highest BCUT2D eigenvalue weighted by Gasteiger charge is 2.34. The highest BCUT2D eigenvalue weighted by Crippen LogP contribution is 2.49. The van der Waals surface area contributed by atoms with Gasteiger partial charge in [-0.1, -0.05) is 17.5 Å². The SMILES string of the molecule is C#CCOc1c(Cl)cc(C2C(C#N)=C(N)Oc3cc4c(cc32)OCO4)cc1OC. The summed E-state index contributed by atoms with van der Waals surface area (Å²) in [5, 5.41) is 10.0. The van der Waals surface area contributed by atoms with E-state index >= 15 is 0 Å². The molecule has 0 amide bonds. The molecule has 0 radical (unpaired) electrons. The molecule has 0 fully saturated rings. The summed E-state index contributed by atoms with van der Waals surface area (Å²) < 4.78 is 27.5. The van der Waals surface area contributed by atoms with Gasteiger partial charge < -0.3 is 29.4 Å². The molecule has 29 heavy (non-hydrogen) atoms. The predicted octanol–water partition coefficient (Wildman–Crippen LogP) is 3.31. The number of ether oxygens (including phenoxy) is 5. The van der Waals surface area contributed by atoms with Crippen molar-refractivity contribution in [1.29, 1.82) is 5.26 Å². The van der Waals surface area contributed by atoms with Crippen LogP contribution in [0.2, 0.25) is 5.02 Å². The summed E-state index contributed by atoms with van der Waals surface area (Å²) >= 11 is 6.44. The third kappa shape index (κ3) is 3.12. The maximum absolute atomic E-state index is 9.74. The Balaban J connectivity index is 1.89. The third-order valence-electron chi connectivity index (χ3n) is 4.60. The molecular formula is C21H15ClN2O5. The van der Waals surface area contributed by atoms with Crippen LogP contribution < -0.4 is 29.4 Å². The largest absolute Gasteiger partial charge is 0.493 e. The number of allylic oxidation sites excluding steroid dienone is 1. The normalized spacial score (nSPS) is 16.3. The average Bonchev–Trinajstić information content (AvgIpc) is 3.17. The van der Waals surface area contributed by atoms with Crippen LogP contribution in [0.4, 0.5) is 0 Å². The molecule has 2 aromatic carbocycles. The summed E-state index contributed by atoms with van der Waals surface area (Å²) in [7, 11) is 1.49. The number of hydrogen-bond donors (Lipinski definition) is 1. The van der Waals surface area contributed by atoms with Gasteiger partial charge in [-0.25, -0.2) is 0 Å². The van der Waals surface area contributed by atoms with Crippen molar-refractivity contribution in [2.75, 3.05) is 20.5 Å². The van der Waals surface area contributed by atoms with Crippen LogP contribution in [0.15, 0.2) is 35.7 Å². The summed E-state index contributed by atoms with van der Waals surface area (Å²) in [5.74, 6) is 4.12. The van der Waals surface area contributed by atoms with E-state index in [0.29, 0.717) is 44.9 Å². The highest BCUT2D eigenvalue weighted by atomic mass is 35.5. The average molecular weight is 411 g/mol. The first-order valence-electron chi connectivity index (χ1n) is 8.52. The second-order valence-corrected chi connectivity index (χ2v) is 6.60. The van der Waals surface area contributed by atoms with Gasteiger partial charge in [-0.05, 0) is 23.8 Å². The molecule has 2 aliphatic rings. The Morgan fingerprint density at radius 3 is 2.69 bits per heavy atom. The second kappa shape index (κ2) is 7.38. The number of nitriles is 1. The van der Waals surface area contributed by atoms with Crippen molar-refractivity contribution in [1.82, 2.24) is 0 Å². The molecular weight excluding hydrogens is 396 g/mol. The minimum absolute atomic E-state index is 0.00612. The van der Waals surface area contributed by atoms with E-state index in [1.807, 2.05) is 0 Å². The molecule has 0 spiro atoms. The lowest BCUT2D eigenvalue weighted by molar-refractivity contribution is 0.174. The van der Waals surface area contributed by atoms with E-state index in [-0.39, 0.29) is 24.9 Å². The molecule has 1 atom stereocenters. The lowest BCUT2D eigenvalue weighted by Gasteiger charge is -2.27. The van der Waals surface area contributed by atoms with Crippen molar-refractivity contribution < 1.29 is 23.7 Å². The van der Waals surface area contributed by atoms with Gasteiger partial charge in [0.1, 0.15) is 24.0 Å². The number of rotatable bonds is 4. The fourth-order valence-corrected chi connectivity index (χ4v) is 3.62. The van der Waals surface area contributed by atoms with Gasteiger partial charge in [0.05, 0.1) is 18.1 Å². The topological polar surface area (TPSA) is 96.0 Å². The van der Waals surface area contributed by atoms with E-state index in [0.717, 1.165) is 0 Å². The van der Waals surface area contributed by atoms with Crippen molar-refractivity contribution in [3.8, 4) is 47.2 Å². The fourth-order valence-electron chi connectivity index (χ4n) is 3.35. The molecule has 7 nitrogen and oxygen atoms in total. The fraction of sp³-hybridized carbons (Fsp3) is 0.190. The lowest BCUT2D eigenvalue weighted by Crippen LogP contribution is -2.21. The number of halogens is 1. The van der Waals surface area contributed by atoms with Crippen molar-refractivity contribution in [3.05, 3.63) is 51.9 Å². The third-order valence-corrected chi connectivity index (χ3v) is 4.88. The van der Waals surface area contributed by atoms with Crippen LogP contribution in [0.1, 0.15) is 17.0 Å². The van der Waals surface area contributed by atoms with Gasteiger partial charge in [0.15, 0.2) is 23.0 Å². The van der Waals surface area contributed by atoms with Crippen molar-refractivity contribution in [2.24, 2.45) is 5.73 Å². The van der Waals surface area contributed by atoms with Crippen LogP contribution >= 0.6 is 11.6 Å². The van der Waals surface area contributed by atoms with Crippen LogP contribution in [-0.2, 0) is 0 Å². The van der Waals surface area contributed by atoms with E-state index < -0.39 is 5.92 Å². The Morgan fingerprint density at radius 2 is 2.00 bits per heavy atom. The van der Waals surface area contributed by atoms with Gasteiger partial charge in [0.2, 0.25) is 12.7 Å². The Kier molecular flexibility index (Phi) is 4.75. The minimum atomic E-state index is -0.550. The van der Waals surface area contributed by atoms with Crippen LogP contribution in [-0.4, -0.2) is 20.5 Å². The maximum atomic E-state index is 9.74. The summed E-state index contributed by atoms with van der Waals surface area (Å²) in [4.78, 5) is 0. The number of methoxy groups -OCH3 is 1. The maximum Gasteiger partial charge on any atom is 0.231 e. The monoisotopic (exact) mass is 410 g/mol. The van der Waals surface area contributed by atoms with Gasteiger partial charge in [0.25, 0.3) is 0 Å². The predicted molar refractivity (Wildman–Crippen MR) is 104 cm³/mol. The molecule has 2 aromatic rings. The zero-order valence-electron chi connectivity index (χ0n) is 15.3. The molecule has 0 saturated heterocycles. The molecule has 0 aromatic heterocycles. The molecule has 2 heterocycles. The van der Waals surface area contributed by atoms with Gasteiger partial charge in [-0.15, -0.1) is 6.42 Å². The molecule has 8 heteroatoms. The molecule has 2 N–H and O–H groups in total. The van der Waals surface area contributed by atoms with E-state index in [1.165, 1.54) is 7.11 Å². The first kappa shape index (κ1) is 18.7. The quantitative estimate of drug-likeness (QED) is 0.772. The minimum Gasteiger partial charge on any atom is -0.493 e. The summed E-state index contributed by atoms with van der Waals surface area (Å²) in [6.07, 6.45) is 5.26. The van der Waals surface area contributed by atoms with Crippen molar-refractivity contribution in [2.45, 2.75) is 5.92 Å². The van der Waals surface area contributed by atoms with Gasteiger partial charge in [0, 0.05) is 11.6 Å². The van der Waals surface area contributed by atoms with Gasteiger partial charge >= 0.3 is 0 Å². The lowest BCUT2D eigenvalue weighted by atomic mass is 9.83. The Hall–Kier alpha value is -3.68. The number of hydrogen-bond acceptors (Lipinski definition) is 7. The first-order valence-corrected chi connectivity index (χ1v) is 8.90. The standard InChI is InChI=1S/C21H15ClN2O5/c1-3-4-26-20-14(22)5-11(6-18(20)25-2)19-12-7-16-17(28-10-27-16)8-15(12)29-21(24)13(19)9-23/h1,5-8,19H,4,10,24H2,2H3. The van der Waals surface area contributed by atoms with Gasteiger partial charge in [-0.2, -0.15) is 5.26 Å². The van der Waals surface area contributed by atoms with Crippen molar-refractivity contribution >= 4 is 11.6 Å². The molecule has 0 saturated carbocycles. The molecule has 0 aliphatic carbocycles. The number of benzene rings is 2. The molecule has 146 valence electrons. The summed E-state index contributed by atoms with van der Waals surface area (Å²) in [5.41, 5.74) is 7.64. The first-order chi connectivity index (χ1) is 14.1. The second-order valence-electron chi connectivity index (χ2n) is 6.20. The summed E-state index contributed by atoms with van der Waals surface area (Å²) in [6, 6.07) is 9.01. The Bertz CT molecular complexity index is 1110. The molecule has 1 unspecified atom stereocenters. The molecule has 0 bridgehead atoms. The number of nitrogens with two attached hydrogens (primary N) is 1. The number of terminal acetylenes is 1. The van der Waals surface area contributed by atoms with E-state index in [4.69, 9.17) is 47.4 Å². The van der Waals surface area contributed by atoms with Crippen LogP contribution in [0.5, 0.6) is 28.7 Å². The summed E-state index contributed by atoms with van der Waals surface area (Å²) in [6.45, 7) is 0.146. The van der Waals surface area contributed by atoms with E-state index in [9.17, 15) is 5.26 Å². The zero-order valence-corrected chi connectivity index (χ0v) is 16.1. The molecule has 2 aliphatic heterocycles. The van der Waals surface area contributed by atoms with E-state index in [2.05, 4.69) is 12.0 Å². The van der Waals surface area contributed by atoms with Gasteiger partial charge in [-0.3, -0.25) is 0 Å². The van der Waals surface area contributed by atoms with Crippen molar-refractivity contribution in [3.63, 3.8) is 0 Å². The van der Waals surface area contributed by atoms with E-state index in [1.54, 1.807) is 24.3 Å². The smallest absolute Gasteiger partial charge is 0.231 e.